The second-order valence-corrected chi connectivity index (χ2v) is 7.24. The van der Waals surface area contributed by atoms with Gasteiger partial charge >= 0.3 is 0 Å². The van der Waals surface area contributed by atoms with E-state index in [1.807, 2.05) is 0 Å². The lowest BCUT2D eigenvalue weighted by Crippen LogP contribution is -1.98. The van der Waals surface area contributed by atoms with Crippen LogP contribution in [0.1, 0.15) is 0 Å². The highest BCUT2D eigenvalue weighted by molar-refractivity contribution is 6.26. The summed E-state index contributed by atoms with van der Waals surface area (Å²) < 4.78 is 2.16. The van der Waals surface area contributed by atoms with Crippen LogP contribution in [-0.2, 0) is 0 Å². The SMILES string of the molecule is c1ccc2c(c1)ccc1c3nc4nccnc4nc3n3cc4ccccc4c3c21. The van der Waals surface area contributed by atoms with Gasteiger partial charge in [0.1, 0.15) is 5.52 Å². The monoisotopic (exact) mass is 371 g/mol. The highest BCUT2D eigenvalue weighted by atomic mass is 15.1. The van der Waals surface area contributed by atoms with Crippen LogP contribution in [-0.4, -0.2) is 24.3 Å². The van der Waals surface area contributed by atoms with Gasteiger partial charge in [-0.15, -0.1) is 0 Å². The summed E-state index contributed by atoms with van der Waals surface area (Å²) in [5.41, 5.74) is 3.90. The zero-order chi connectivity index (χ0) is 18.9. The third kappa shape index (κ3) is 1.88. The van der Waals surface area contributed by atoms with Gasteiger partial charge in [0.05, 0.1) is 5.52 Å². The van der Waals surface area contributed by atoms with E-state index in [0.717, 1.165) is 22.1 Å². The van der Waals surface area contributed by atoms with Crippen molar-refractivity contribution in [3.63, 3.8) is 0 Å². The standard InChI is InChI=1S/C24H13N5/c1-3-7-16-14(5-1)9-10-18-19(16)21-17-8-4-2-6-15(17)13-29(21)24-20(18)27-22-23(28-24)26-12-11-25-22/h1-13H. The largest absolute Gasteiger partial charge is 0.298 e. The number of rotatable bonds is 0. The minimum Gasteiger partial charge on any atom is -0.298 e. The molecule has 134 valence electrons. The molecule has 0 radical (unpaired) electrons. The zero-order valence-electron chi connectivity index (χ0n) is 15.2. The molecule has 0 amide bonds. The molecule has 4 heterocycles. The summed E-state index contributed by atoms with van der Waals surface area (Å²) in [5, 5.41) is 7.07. The normalized spacial score (nSPS) is 12.1. The number of pyridine rings is 1. The number of fused-ring (bicyclic) bond motifs is 11. The maximum atomic E-state index is 4.88. The van der Waals surface area contributed by atoms with Crippen molar-refractivity contribution in [2.45, 2.75) is 0 Å². The Morgan fingerprint density at radius 1 is 0.621 bits per heavy atom. The molecule has 0 fully saturated rings. The van der Waals surface area contributed by atoms with E-state index in [0.29, 0.717) is 11.3 Å². The fourth-order valence-electron chi connectivity index (χ4n) is 4.44. The van der Waals surface area contributed by atoms with Gasteiger partial charge in [-0.3, -0.25) is 4.40 Å². The molecule has 7 aromatic rings. The minimum absolute atomic E-state index is 0.555. The Kier molecular flexibility index (Phi) is 2.68. The van der Waals surface area contributed by atoms with Crippen LogP contribution in [0.25, 0.3) is 60.3 Å². The van der Waals surface area contributed by atoms with Gasteiger partial charge in [-0.1, -0.05) is 60.7 Å². The number of hydrogen-bond donors (Lipinski definition) is 0. The van der Waals surface area contributed by atoms with Gasteiger partial charge in [0, 0.05) is 40.1 Å². The molecule has 0 unspecified atom stereocenters. The van der Waals surface area contributed by atoms with Crippen molar-refractivity contribution < 1.29 is 0 Å². The Balaban J connectivity index is 1.90. The summed E-state index contributed by atoms with van der Waals surface area (Å²) in [4.78, 5) is 18.5. The van der Waals surface area contributed by atoms with Crippen LogP contribution in [0.4, 0.5) is 0 Å². The topological polar surface area (TPSA) is 56.0 Å². The molecule has 29 heavy (non-hydrogen) atoms. The van der Waals surface area contributed by atoms with Crippen molar-refractivity contribution in [1.82, 2.24) is 24.3 Å². The number of aromatic nitrogens is 5. The molecule has 3 aromatic carbocycles. The Bertz CT molecular complexity index is 1760. The van der Waals surface area contributed by atoms with E-state index in [2.05, 4.69) is 81.2 Å². The van der Waals surface area contributed by atoms with Crippen molar-refractivity contribution >= 4 is 60.3 Å². The van der Waals surface area contributed by atoms with E-state index in [4.69, 9.17) is 9.97 Å². The summed E-state index contributed by atoms with van der Waals surface area (Å²) in [7, 11) is 0. The minimum atomic E-state index is 0.555. The van der Waals surface area contributed by atoms with Crippen LogP contribution in [0.3, 0.4) is 0 Å². The molecule has 0 aliphatic rings. The van der Waals surface area contributed by atoms with E-state index in [1.165, 1.54) is 26.9 Å². The molecule has 0 aliphatic heterocycles. The van der Waals surface area contributed by atoms with Gasteiger partial charge in [-0.2, -0.15) is 0 Å². The van der Waals surface area contributed by atoms with Crippen LogP contribution in [0, 0.1) is 0 Å². The predicted molar refractivity (Wildman–Crippen MR) is 116 cm³/mol. The molecule has 0 saturated carbocycles. The first-order valence-electron chi connectivity index (χ1n) is 9.50. The molecular weight excluding hydrogens is 358 g/mol. The van der Waals surface area contributed by atoms with Crippen molar-refractivity contribution in [1.29, 1.82) is 0 Å². The zero-order valence-corrected chi connectivity index (χ0v) is 15.2. The van der Waals surface area contributed by atoms with Gasteiger partial charge in [0.15, 0.2) is 16.9 Å². The summed E-state index contributed by atoms with van der Waals surface area (Å²) >= 11 is 0. The molecular formula is C24H13N5. The molecule has 0 saturated heterocycles. The van der Waals surface area contributed by atoms with Crippen LogP contribution >= 0.6 is 0 Å². The van der Waals surface area contributed by atoms with E-state index < -0.39 is 0 Å². The van der Waals surface area contributed by atoms with Crippen LogP contribution in [0.5, 0.6) is 0 Å². The average Bonchev–Trinajstić information content (AvgIpc) is 3.17. The second-order valence-electron chi connectivity index (χ2n) is 7.24. The van der Waals surface area contributed by atoms with Gasteiger partial charge in [-0.25, -0.2) is 19.9 Å². The number of nitrogens with zero attached hydrogens (tertiary/aromatic N) is 5. The van der Waals surface area contributed by atoms with E-state index in [1.54, 1.807) is 12.4 Å². The van der Waals surface area contributed by atoms with Crippen LogP contribution in [0.2, 0.25) is 0 Å². The smallest absolute Gasteiger partial charge is 0.199 e. The number of benzene rings is 3. The Morgan fingerprint density at radius 3 is 2.21 bits per heavy atom. The molecule has 0 spiro atoms. The van der Waals surface area contributed by atoms with Crippen molar-refractivity contribution in [3.05, 3.63) is 79.3 Å². The quantitative estimate of drug-likeness (QED) is 0.269. The maximum Gasteiger partial charge on any atom is 0.199 e. The fraction of sp³-hybridized carbons (Fsp3) is 0. The molecule has 7 rings (SSSR count). The molecule has 0 N–H and O–H groups in total. The Morgan fingerprint density at radius 2 is 1.34 bits per heavy atom. The van der Waals surface area contributed by atoms with Crippen LogP contribution in [0.15, 0.2) is 79.3 Å². The summed E-state index contributed by atoms with van der Waals surface area (Å²) in [6, 6.07) is 21.3. The molecule has 4 aromatic heterocycles. The molecule has 0 atom stereocenters. The maximum absolute atomic E-state index is 4.88. The Labute approximate surface area is 164 Å². The first-order chi connectivity index (χ1) is 14.4. The molecule has 0 aliphatic carbocycles. The van der Waals surface area contributed by atoms with Crippen molar-refractivity contribution in [2.75, 3.05) is 0 Å². The van der Waals surface area contributed by atoms with E-state index in [-0.39, 0.29) is 0 Å². The highest BCUT2D eigenvalue weighted by Gasteiger charge is 2.17. The molecule has 5 nitrogen and oxygen atoms in total. The van der Waals surface area contributed by atoms with Crippen LogP contribution < -0.4 is 0 Å². The lowest BCUT2D eigenvalue weighted by Gasteiger charge is -2.11. The molecule has 5 heteroatoms. The van der Waals surface area contributed by atoms with E-state index in [9.17, 15) is 0 Å². The first-order valence-corrected chi connectivity index (χ1v) is 9.50. The van der Waals surface area contributed by atoms with E-state index >= 15 is 0 Å². The lowest BCUT2D eigenvalue weighted by atomic mass is 10.00. The first kappa shape index (κ1) is 14.9. The average molecular weight is 371 g/mol. The summed E-state index contributed by atoms with van der Waals surface area (Å²) in [5.74, 6) is 0. The predicted octanol–water partition coefficient (Wildman–Crippen LogP) is 5.29. The Hall–Kier alpha value is -4.12. The molecule has 0 bridgehead atoms. The highest BCUT2D eigenvalue weighted by Crippen LogP contribution is 2.37. The number of hydrogen-bond acceptors (Lipinski definition) is 4. The van der Waals surface area contributed by atoms with Gasteiger partial charge < -0.3 is 0 Å². The summed E-state index contributed by atoms with van der Waals surface area (Å²) in [6.45, 7) is 0. The van der Waals surface area contributed by atoms with Gasteiger partial charge in [0.2, 0.25) is 0 Å². The van der Waals surface area contributed by atoms with Crippen molar-refractivity contribution in [2.24, 2.45) is 0 Å². The third-order valence-corrected chi connectivity index (χ3v) is 5.68. The van der Waals surface area contributed by atoms with Crippen molar-refractivity contribution in [3.8, 4) is 0 Å². The van der Waals surface area contributed by atoms with Gasteiger partial charge in [0.25, 0.3) is 0 Å². The summed E-state index contributed by atoms with van der Waals surface area (Å²) in [6.07, 6.45) is 5.45. The second kappa shape index (κ2) is 5.23. The fourth-order valence-corrected chi connectivity index (χ4v) is 4.44. The lowest BCUT2D eigenvalue weighted by molar-refractivity contribution is 1.16. The van der Waals surface area contributed by atoms with Gasteiger partial charge in [-0.05, 0) is 10.8 Å². The third-order valence-electron chi connectivity index (χ3n) is 5.68.